The fourth-order valence-corrected chi connectivity index (χ4v) is 4.90. The third kappa shape index (κ3) is 4.48. The summed E-state index contributed by atoms with van der Waals surface area (Å²) in [5.74, 6) is 1.56. The third-order valence-corrected chi connectivity index (χ3v) is 6.41. The number of ether oxygens (including phenoxy) is 1. The molecule has 0 aliphatic carbocycles. The maximum absolute atomic E-state index is 12.6. The van der Waals surface area contributed by atoms with Gasteiger partial charge in [-0.3, -0.25) is 9.69 Å². The normalized spacial score (nSPS) is 17.4. The molecule has 1 amide bonds. The summed E-state index contributed by atoms with van der Waals surface area (Å²) < 4.78 is 9.23. The van der Waals surface area contributed by atoms with E-state index in [2.05, 4.69) is 47.4 Å². The summed E-state index contributed by atoms with van der Waals surface area (Å²) in [6.45, 7) is 4.30. The molecule has 0 saturated carbocycles. The van der Waals surface area contributed by atoms with Crippen LogP contribution in [-0.2, 0) is 29.2 Å². The molecule has 162 valence electrons. The van der Waals surface area contributed by atoms with Crippen molar-refractivity contribution in [2.45, 2.75) is 30.8 Å². The average molecular weight is 441 g/mol. The predicted molar refractivity (Wildman–Crippen MR) is 113 cm³/mol. The lowest BCUT2D eigenvalue weighted by atomic mass is 10.0. The number of rotatable bonds is 7. The summed E-state index contributed by atoms with van der Waals surface area (Å²) in [4.78, 5) is 19.5. The van der Waals surface area contributed by atoms with Crippen LogP contribution in [0.3, 0.4) is 0 Å². The Morgan fingerprint density at radius 3 is 2.84 bits per heavy atom. The van der Waals surface area contributed by atoms with E-state index in [9.17, 15) is 4.79 Å². The third-order valence-electron chi connectivity index (χ3n) is 5.44. The van der Waals surface area contributed by atoms with Crippen LogP contribution in [0, 0.1) is 0 Å². The van der Waals surface area contributed by atoms with Crippen LogP contribution in [0.2, 0.25) is 0 Å². The van der Waals surface area contributed by atoms with Gasteiger partial charge in [0.25, 0.3) is 0 Å². The summed E-state index contributed by atoms with van der Waals surface area (Å²) in [7, 11) is 0. The Morgan fingerprint density at radius 2 is 2.03 bits per heavy atom. The fraction of sp³-hybridized carbons (Fsp3) is 0.450. The average Bonchev–Trinajstić information content (AvgIpc) is 3.51. The van der Waals surface area contributed by atoms with Crippen molar-refractivity contribution in [2.24, 2.45) is 0 Å². The van der Waals surface area contributed by atoms with Gasteiger partial charge in [0.2, 0.25) is 5.91 Å². The van der Waals surface area contributed by atoms with Crippen LogP contribution in [0.5, 0.6) is 0 Å². The highest BCUT2D eigenvalue weighted by molar-refractivity contribution is 7.99. The summed E-state index contributed by atoms with van der Waals surface area (Å²) in [5.41, 5.74) is 1.95. The molecular weight excluding hydrogens is 416 g/mol. The Hall–Kier alpha value is -2.76. The molecule has 3 aromatic rings. The van der Waals surface area contributed by atoms with E-state index in [-0.39, 0.29) is 18.5 Å². The zero-order chi connectivity index (χ0) is 21.0. The van der Waals surface area contributed by atoms with Gasteiger partial charge in [0.15, 0.2) is 11.0 Å². The van der Waals surface area contributed by atoms with E-state index in [1.807, 2.05) is 24.4 Å². The lowest BCUT2D eigenvalue weighted by Gasteiger charge is -2.33. The van der Waals surface area contributed by atoms with Crippen LogP contribution in [0.1, 0.15) is 23.1 Å². The molecule has 2 aliphatic rings. The number of amides is 1. The van der Waals surface area contributed by atoms with E-state index in [1.165, 1.54) is 0 Å². The Labute approximate surface area is 184 Å². The van der Waals surface area contributed by atoms with Crippen molar-refractivity contribution in [1.82, 2.24) is 40.0 Å². The highest BCUT2D eigenvalue weighted by Gasteiger charge is 2.29. The smallest absolute Gasteiger partial charge is 0.242 e. The Balaban J connectivity index is 1.30. The summed E-state index contributed by atoms with van der Waals surface area (Å²) in [5, 5.41) is 16.2. The van der Waals surface area contributed by atoms with Crippen molar-refractivity contribution in [1.29, 1.82) is 0 Å². The standard InChI is InChI=1S/C20H24N8O2S/c29-17(21-12-16-13-27-8-11-31-20(27)22-16)14-28-19(23-24-25-28)18(15-4-2-1-3-5-15)26-6-9-30-10-7-26/h1-5,13,18H,6-12,14H2,(H,21,29). The monoisotopic (exact) mass is 440 g/mol. The highest BCUT2D eigenvalue weighted by atomic mass is 32.2. The van der Waals surface area contributed by atoms with Gasteiger partial charge in [-0.05, 0) is 16.0 Å². The number of aryl methyl sites for hydroxylation is 1. The number of morpholine rings is 1. The minimum Gasteiger partial charge on any atom is -0.379 e. The van der Waals surface area contributed by atoms with Gasteiger partial charge >= 0.3 is 0 Å². The van der Waals surface area contributed by atoms with Crippen LogP contribution in [0.4, 0.5) is 0 Å². The van der Waals surface area contributed by atoms with Crippen molar-refractivity contribution in [2.75, 3.05) is 32.1 Å². The Morgan fingerprint density at radius 1 is 1.19 bits per heavy atom. The van der Waals surface area contributed by atoms with E-state index in [1.54, 1.807) is 16.4 Å². The fourth-order valence-electron chi connectivity index (χ4n) is 3.94. The first-order chi connectivity index (χ1) is 15.3. The van der Waals surface area contributed by atoms with Crippen LogP contribution >= 0.6 is 11.8 Å². The molecule has 2 aromatic heterocycles. The number of nitrogens with one attached hydrogen (secondary N) is 1. The minimum atomic E-state index is -0.150. The van der Waals surface area contributed by atoms with E-state index >= 15 is 0 Å². The topological polar surface area (TPSA) is 103 Å². The van der Waals surface area contributed by atoms with Gasteiger partial charge in [0.05, 0.1) is 31.5 Å². The largest absolute Gasteiger partial charge is 0.379 e. The van der Waals surface area contributed by atoms with Crippen molar-refractivity contribution in [3.8, 4) is 0 Å². The first-order valence-electron chi connectivity index (χ1n) is 10.4. The number of benzene rings is 1. The number of thioether (sulfide) groups is 1. The molecule has 10 nitrogen and oxygen atoms in total. The van der Waals surface area contributed by atoms with Crippen LogP contribution in [0.15, 0.2) is 41.7 Å². The van der Waals surface area contributed by atoms with Gasteiger partial charge in [-0.15, -0.1) is 5.10 Å². The molecule has 11 heteroatoms. The molecule has 5 rings (SSSR count). The van der Waals surface area contributed by atoms with Crippen molar-refractivity contribution >= 4 is 17.7 Å². The van der Waals surface area contributed by atoms with Gasteiger partial charge in [-0.1, -0.05) is 42.1 Å². The summed E-state index contributed by atoms with van der Waals surface area (Å²) in [6.07, 6.45) is 2.00. The van der Waals surface area contributed by atoms with Crippen molar-refractivity contribution < 1.29 is 9.53 Å². The second-order valence-electron chi connectivity index (χ2n) is 7.49. The van der Waals surface area contributed by atoms with Crippen LogP contribution in [-0.4, -0.2) is 72.6 Å². The molecule has 1 saturated heterocycles. The van der Waals surface area contributed by atoms with E-state index in [0.717, 1.165) is 41.8 Å². The van der Waals surface area contributed by atoms with Gasteiger partial charge in [0.1, 0.15) is 6.54 Å². The van der Waals surface area contributed by atoms with Gasteiger partial charge in [-0.25, -0.2) is 9.67 Å². The second kappa shape index (κ2) is 9.16. The number of nitrogens with zero attached hydrogens (tertiary/aromatic N) is 7. The maximum atomic E-state index is 12.6. The number of hydrogen-bond donors (Lipinski definition) is 1. The Kier molecular flexibility index (Phi) is 5.96. The van der Waals surface area contributed by atoms with Crippen molar-refractivity contribution in [3.63, 3.8) is 0 Å². The molecule has 1 atom stereocenters. The quantitative estimate of drug-likeness (QED) is 0.573. The molecule has 0 spiro atoms. The van der Waals surface area contributed by atoms with Crippen LogP contribution < -0.4 is 5.32 Å². The molecule has 0 radical (unpaired) electrons. The second-order valence-corrected chi connectivity index (χ2v) is 8.55. The van der Waals surface area contributed by atoms with Crippen molar-refractivity contribution in [3.05, 3.63) is 53.6 Å². The number of imidazole rings is 1. The highest BCUT2D eigenvalue weighted by Crippen LogP contribution is 2.27. The molecule has 4 heterocycles. The molecule has 1 fully saturated rings. The van der Waals surface area contributed by atoms with Gasteiger partial charge in [0, 0.05) is 31.6 Å². The molecule has 31 heavy (non-hydrogen) atoms. The molecule has 1 N–H and O–H groups in total. The van der Waals surface area contributed by atoms with Crippen LogP contribution in [0.25, 0.3) is 0 Å². The zero-order valence-corrected chi connectivity index (χ0v) is 17.9. The number of hydrogen-bond acceptors (Lipinski definition) is 8. The number of aromatic nitrogens is 6. The summed E-state index contributed by atoms with van der Waals surface area (Å²) >= 11 is 1.74. The number of carbonyl (C=O) groups is 1. The maximum Gasteiger partial charge on any atom is 0.242 e. The lowest BCUT2D eigenvalue weighted by molar-refractivity contribution is -0.122. The van der Waals surface area contributed by atoms with E-state index < -0.39 is 0 Å². The first-order valence-corrected chi connectivity index (χ1v) is 11.3. The predicted octanol–water partition coefficient (Wildman–Crippen LogP) is 0.713. The van der Waals surface area contributed by atoms with E-state index in [0.29, 0.717) is 25.6 Å². The molecule has 2 aliphatic heterocycles. The Bertz CT molecular complexity index is 1010. The molecular formula is C20H24N8O2S. The first kappa shape index (κ1) is 20.2. The molecule has 1 unspecified atom stereocenters. The molecule has 0 bridgehead atoms. The number of tetrazole rings is 1. The minimum absolute atomic E-state index is 0.0539. The lowest BCUT2D eigenvalue weighted by Crippen LogP contribution is -2.41. The van der Waals surface area contributed by atoms with E-state index in [4.69, 9.17) is 4.74 Å². The SMILES string of the molecule is O=C(Cn1nnnc1C(c1ccccc1)N1CCOCC1)NCc1cn2c(n1)SCC2. The summed E-state index contributed by atoms with van der Waals surface area (Å²) in [6, 6.07) is 9.99. The zero-order valence-electron chi connectivity index (χ0n) is 17.1. The number of fused-ring (bicyclic) bond motifs is 1. The van der Waals surface area contributed by atoms with Gasteiger partial charge in [-0.2, -0.15) is 0 Å². The molecule has 1 aromatic carbocycles. The van der Waals surface area contributed by atoms with Gasteiger partial charge < -0.3 is 14.6 Å². The number of carbonyl (C=O) groups excluding carboxylic acids is 1.